The molecule has 50 valence electrons. The van der Waals surface area contributed by atoms with Gasteiger partial charge < -0.3 is 0 Å². The highest BCUT2D eigenvalue weighted by atomic mass is 127. The fourth-order valence-corrected chi connectivity index (χ4v) is 2.54. The maximum Gasteiger partial charge on any atom is 0.0359 e. The second-order valence-corrected chi connectivity index (χ2v) is 4.43. The van der Waals surface area contributed by atoms with Gasteiger partial charge in [-0.3, -0.25) is 0 Å². The van der Waals surface area contributed by atoms with E-state index in [9.17, 15) is 0 Å². The monoisotopic (exact) mass is 235 g/mol. The maximum absolute atomic E-state index is 4.29. The summed E-state index contributed by atoms with van der Waals surface area (Å²) in [7, 11) is 0. The van der Waals surface area contributed by atoms with Gasteiger partial charge in [-0.25, -0.2) is 3.15 Å². The van der Waals surface area contributed by atoms with Crippen LogP contribution < -0.4 is 0 Å². The third-order valence-corrected chi connectivity index (χ3v) is 3.38. The van der Waals surface area contributed by atoms with E-state index in [2.05, 4.69) is 23.1 Å². The smallest absolute Gasteiger partial charge is 0.0359 e. The van der Waals surface area contributed by atoms with Crippen LogP contribution >= 0.6 is 21.0 Å². The summed E-state index contributed by atoms with van der Waals surface area (Å²) in [4.78, 5) is 0. The van der Waals surface area contributed by atoms with Crippen molar-refractivity contribution in [1.82, 2.24) is 0 Å². The highest BCUT2D eigenvalue weighted by Gasteiger charge is 1.94. The lowest BCUT2D eigenvalue weighted by Gasteiger charge is -1.99. The van der Waals surface area contributed by atoms with Crippen LogP contribution in [0.25, 0.3) is 0 Å². The molecule has 0 spiro atoms. The van der Waals surface area contributed by atoms with Gasteiger partial charge in [0.15, 0.2) is 0 Å². The number of rotatable bonds is 1. The molecule has 0 saturated heterocycles. The first kappa shape index (κ1) is 7.12. The van der Waals surface area contributed by atoms with Crippen molar-refractivity contribution < 1.29 is 0 Å². The van der Waals surface area contributed by atoms with Gasteiger partial charge in [-0.2, -0.15) is 0 Å². The quantitative estimate of drug-likeness (QED) is 0.618. The lowest BCUT2D eigenvalue weighted by Crippen LogP contribution is -1.74. The minimum Gasteiger partial charge on any atom is -0.230 e. The average molecular weight is 235 g/mol. The van der Waals surface area contributed by atoms with Crippen LogP contribution in [0.5, 0.6) is 0 Å². The van der Waals surface area contributed by atoms with Crippen LogP contribution in [0, 0.1) is 0 Å². The first-order valence-corrected chi connectivity index (χ1v) is 5.09. The molecule has 0 fully saturated rings. The zero-order valence-electron chi connectivity index (χ0n) is 5.69. The third kappa shape index (κ3) is 2.01. The van der Waals surface area contributed by atoms with Crippen LogP contribution in [0.15, 0.2) is 24.6 Å². The Morgan fingerprint density at radius 2 is 2.44 bits per heavy atom. The number of hydrogen-bond donors (Lipinski definition) is 0. The molecule has 0 atom stereocenters. The summed E-state index contributed by atoms with van der Waals surface area (Å²) in [6, 6.07) is 0. The molecule has 0 N–H and O–H groups in total. The summed E-state index contributed by atoms with van der Waals surface area (Å²) in [6.07, 6.45) is 5.43. The van der Waals surface area contributed by atoms with E-state index in [4.69, 9.17) is 0 Å². The van der Waals surface area contributed by atoms with Crippen LogP contribution in [0.1, 0.15) is 20.3 Å². The number of nitrogens with zero attached hydrogens (tertiary/aromatic N) is 1. The molecule has 0 amide bonds. The van der Waals surface area contributed by atoms with E-state index in [0.29, 0.717) is 0 Å². The molecular weight excluding hydrogens is 225 g/mol. The molecule has 2 heteroatoms. The van der Waals surface area contributed by atoms with Crippen LogP contribution in [0.3, 0.4) is 0 Å². The van der Waals surface area contributed by atoms with Gasteiger partial charge in [0.25, 0.3) is 0 Å². The van der Waals surface area contributed by atoms with Crippen molar-refractivity contribution in [2.24, 2.45) is 3.15 Å². The molecule has 0 aromatic heterocycles. The highest BCUT2D eigenvalue weighted by molar-refractivity contribution is 14.2. The van der Waals surface area contributed by atoms with Gasteiger partial charge in [-0.1, -0.05) is 6.92 Å². The van der Waals surface area contributed by atoms with E-state index in [0.717, 1.165) is 0 Å². The van der Waals surface area contributed by atoms with Crippen molar-refractivity contribution in [1.29, 1.82) is 0 Å². The predicted molar refractivity (Wildman–Crippen MR) is 48.6 cm³/mol. The fourth-order valence-electron chi connectivity index (χ4n) is 0.635. The summed E-state index contributed by atoms with van der Waals surface area (Å²) in [5, 5.41) is 0. The summed E-state index contributed by atoms with van der Waals surface area (Å²) < 4.78 is 5.84. The Balaban J connectivity index is 2.78. The molecule has 0 saturated carbocycles. The molecule has 0 radical (unpaired) electrons. The lowest BCUT2D eigenvalue weighted by atomic mass is 10.3. The van der Waals surface area contributed by atoms with Crippen LogP contribution in [0.2, 0.25) is 0 Å². The van der Waals surface area contributed by atoms with E-state index < -0.39 is 0 Å². The molecule has 0 aliphatic carbocycles. The summed E-state index contributed by atoms with van der Waals surface area (Å²) >= 11 is 0.0313. The Hall–Kier alpha value is 0.0100. The minimum atomic E-state index is 0.0313. The van der Waals surface area contributed by atoms with Gasteiger partial charge in [0.05, 0.1) is 0 Å². The van der Waals surface area contributed by atoms with Gasteiger partial charge in [0.2, 0.25) is 0 Å². The molecule has 1 rings (SSSR count). The molecule has 9 heavy (non-hydrogen) atoms. The largest absolute Gasteiger partial charge is 0.230 e. The Labute approximate surface area is 66.0 Å². The van der Waals surface area contributed by atoms with E-state index in [1.807, 2.05) is 6.20 Å². The van der Waals surface area contributed by atoms with Crippen molar-refractivity contribution >= 4 is 21.0 Å². The van der Waals surface area contributed by atoms with E-state index in [1.165, 1.54) is 12.0 Å². The second kappa shape index (κ2) is 3.25. The molecule has 0 bridgehead atoms. The summed E-state index contributed by atoms with van der Waals surface area (Å²) in [6.45, 7) is 4.29. The fraction of sp³-hybridized carbons (Fsp3) is 0.429. The van der Waals surface area contributed by atoms with Crippen molar-refractivity contribution in [3.63, 3.8) is 0 Å². The van der Waals surface area contributed by atoms with Crippen molar-refractivity contribution in [2.45, 2.75) is 20.3 Å². The zero-order valence-corrected chi connectivity index (χ0v) is 7.84. The van der Waals surface area contributed by atoms with Gasteiger partial charge in [0.1, 0.15) is 0 Å². The van der Waals surface area contributed by atoms with Crippen LogP contribution in [-0.4, -0.2) is 0 Å². The molecule has 0 unspecified atom stereocenters. The molecule has 0 aromatic carbocycles. The topological polar surface area (TPSA) is 12.4 Å². The Morgan fingerprint density at radius 1 is 1.67 bits per heavy atom. The average Bonchev–Trinajstić information content (AvgIpc) is 1.88. The SMILES string of the molecule is CCC1=CC(C)=CN=I1. The molecule has 1 nitrogen and oxygen atoms in total. The molecule has 0 aromatic rings. The van der Waals surface area contributed by atoms with Crippen molar-refractivity contribution in [3.8, 4) is 0 Å². The van der Waals surface area contributed by atoms with Crippen molar-refractivity contribution in [2.75, 3.05) is 0 Å². The third-order valence-electron chi connectivity index (χ3n) is 1.13. The second-order valence-electron chi connectivity index (χ2n) is 2.00. The predicted octanol–water partition coefficient (Wildman–Crippen LogP) is 3.35. The Bertz CT molecular complexity index is 189. The molecule has 1 aliphatic rings. The first-order valence-electron chi connectivity index (χ1n) is 3.04. The number of halogens is 1. The Kier molecular flexibility index (Phi) is 2.57. The minimum absolute atomic E-state index is 0.0313. The van der Waals surface area contributed by atoms with Gasteiger partial charge in [-0.05, 0) is 25.0 Å². The van der Waals surface area contributed by atoms with E-state index >= 15 is 0 Å². The first-order chi connectivity index (χ1) is 4.33. The van der Waals surface area contributed by atoms with E-state index in [1.54, 1.807) is 3.58 Å². The Morgan fingerprint density at radius 3 is 2.89 bits per heavy atom. The molecule has 1 heterocycles. The zero-order chi connectivity index (χ0) is 6.69. The maximum atomic E-state index is 4.29. The number of hydrogen-bond acceptors (Lipinski definition) is 1. The van der Waals surface area contributed by atoms with Crippen LogP contribution in [-0.2, 0) is 0 Å². The van der Waals surface area contributed by atoms with Gasteiger partial charge in [0, 0.05) is 30.8 Å². The summed E-state index contributed by atoms with van der Waals surface area (Å²) in [5.74, 6) is 0. The highest BCUT2D eigenvalue weighted by Crippen LogP contribution is 2.25. The van der Waals surface area contributed by atoms with Crippen LogP contribution in [0.4, 0.5) is 0 Å². The van der Waals surface area contributed by atoms with Gasteiger partial charge in [-0.15, -0.1) is 0 Å². The van der Waals surface area contributed by atoms with E-state index in [-0.39, 0.29) is 21.0 Å². The lowest BCUT2D eigenvalue weighted by molar-refractivity contribution is 1.20. The normalized spacial score (nSPS) is 18.0. The molecular formula is C7H10IN. The van der Waals surface area contributed by atoms with Crippen molar-refractivity contribution in [3.05, 3.63) is 21.4 Å². The number of allylic oxidation sites excluding steroid dienone is 3. The van der Waals surface area contributed by atoms with Gasteiger partial charge >= 0.3 is 0 Å². The molecule has 1 aliphatic heterocycles. The standard InChI is InChI=1S/C7H10IN/c1-3-7-4-6(2)5-9-8-7/h4-5H,3H2,1-2H3. The summed E-state index contributed by atoms with van der Waals surface area (Å²) in [5.41, 5.74) is 1.30.